The normalized spacial score (nSPS) is 12.7. The molecule has 1 atom stereocenters. The highest BCUT2D eigenvalue weighted by molar-refractivity contribution is 8.00. The largest absolute Gasteiger partial charge is 0.486 e. The van der Waals surface area contributed by atoms with Gasteiger partial charge < -0.3 is 25.2 Å². The Kier molecular flexibility index (Phi) is 9.59. The molecule has 1 aliphatic heterocycles. The summed E-state index contributed by atoms with van der Waals surface area (Å²) in [6.45, 7) is 0.896. The van der Waals surface area contributed by atoms with Crippen molar-refractivity contribution in [3.63, 3.8) is 0 Å². The van der Waals surface area contributed by atoms with Gasteiger partial charge in [0, 0.05) is 22.3 Å². The number of carbonyl (C=O) groups is 3. The van der Waals surface area contributed by atoms with E-state index in [2.05, 4.69) is 10.6 Å². The zero-order valence-electron chi connectivity index (χ0n) is 21.8. The molecule has 0 aliphatic carbocycles. The molecule has 0 aromatic heterocycles. The summed E-state index contributed by atoms with van der Waals surface area (Å²) < 4.78 is 11.2. The summed E-state index contributed by atoms with van der Waals surface area (Å²) in [5, 5.41) is 13.3. The minimum atomic E-state index is -1.50. The van der Waals surface area contributed by atoms with E-state index in [1.54, 1.807) is 42.5 Å². The monoisotopic (exact) mass is 676 g/mol. The molecule has 3 N–H and O–H groups in total. The number of halogens is 4. The van der Waals surface area contributed by atoms with Crippen molar-refractivity contribution in [3.05, 3.63) is 110 Å². The van der Waals surface area contributed by atoms with Crippen molar-refractivity contribution in [3.8, 4) is 11.5 Å². The molecule has 0 fully saturated rings. The summed E-state index contributed by atoms with van der Waals surface area (Å²) in [6.07, 6.45) is 0. The van der Waals surface area contributed by atoms with Crippen molar-refractivity contribution in [2.24, 2.45) is 0 Å². The van der Waals surface area contributed by atoms with Gasteiger partial charge in [-0.3, -0.25) is 9.59 Å². The summed E-state index contributed by atoms with van der Waals surface area (Å²) in [5.74, 6) is -1.41. The summed E-state index contributed by atoms with van der Waals surface area (Å²) in [4.78, 5) is 39.2. The molecule has 0 spiro atoms. The first-order valence-electron chi connectivity index (χ1n) is 12.6. The molecule has 0 saturated carbocycles. The van der Waals surface area contributed by atoms with Crippen LogP contribution in [-0.2, 0) is 4.79 Å². The predicted molar refractivity (Wildman–Crippen MR) is 169 cm³/mol. The lowest BCUT2D eigenvalue weighted by Gasteiger charge is -2.20. The number of fused-ring (bicyclic) bond motifs is 1. The topological polar surface area (TPSA) is 114 Å². The number of carboxylic acid groups (broad SMARTS) is 1. The van der Waals surface area contributed by atoms with Crippen molar-refractivity contribution in [2.75, 3.05) is 23.8 Å². The Morgan fingerprint density at radius 1 is 0.721 bits per heavy atom. The maximum atomic E-state index is 13.5. The number of ether oxygens (including phenoxy) is 2. The maximum absolute atomic E-state index is 13.5. The van der Waals surface area contributed by atoms with Crippen LogP contribution in [0.3, 0.4) is 0 Å². The van der Waals surface area contributed by atoms with Crippen LogP contribution in [0, 0.1) is 0 Å². The number of anilines is 2. The molecule has 1 unspecified atom stereocenters. The molecule has 2 amide bonds. The van der Waals surface area contributed by atoms with E-state index in [0.717, 1.165) is 10.5 Å². The highest BCUT2D eigenvalue weighted by Crippen LogP contribution is 2.42. The Balaban J connectivity index is 1.35. The smallest absolute Gasteiger partial charge is 0.338 e. The number of hydrogen-bond donors (Lipinski definition) is 3. The van der Waals surface area contributed by atoms with Gasteiger partial charge in [-0.1, -0.05) is 76.7 Å². The molecule has 0 saturated heterocycles. The summed E-state index contributed by atoms with van der Waals surface area (Å²) in [7, 11) is 0. The number of aromatic carboxylic acids is 1. The first kappa shape index (κ1) is 30.8. The van der Waals surface area contributed by atoms with Gasteiger partial charge in [0.1, 0.15) is 18.5 Å². The Morgan fingerprint density at radius 2 is 1.33 bits per heavy atom. The first-order chi connectivity index (χ1) is 20.6. The Bertz CT molecular complexity index is 1720. The van der Waals surface area contributed by atoms with Crippen molar-refractivity contribution in [1.82, 2.24) is 0 Å². The van der Waals surface area contributed by atoms with Crippen LogP contribution in [0.1, 0.15) is 31.5 Å². The third-order valence-corrected chi connectivity index (χ3v) is 9.29. The molecule has 43 heavy (non-hydrogen) atoms. The summed E-state index contributed by atoms with van der Waals surface area (Å²) >= 11 is 25.6. The Morgan fingerprint density at radius 3 is 1.98 bits per heavy atom. The molecular weight excluding hydrogens is 658 g/mol. The van der Waals surface area contributed by atoms with Crippen molar-refractivity contribution < 1.29 is 29.0 Å². The second-order valence-corrected chi connectivity index (χ2v) is 11.7. The molecule has 220 valence electrons. The minimum absolute atomic E-state index is 0.239. The Labute approximate surface area is 270 Å². The lowest BCUT2D eigenvalue weighted by molar-refractivity contribution is -0.115. The Hall–Kier alpha value is -3.60. The number of nitrogens with one attached hydrogen (secondary N) is 2. The van der Waals surface area contributed by atoms with E-state index in [4.69, 9.17) is 55.9 Å². The van der Waals surface area contributed by atoms with Crippen LogP contribution in [0.2, 0.25) is 20.1 Å². The standard InChI is InChI=1S/C30H20Cl4N2O6S/c31-23-21(22(30(39)40)24(32)26(34)25(23)33)28(37)35-16-6-9-18(10-7-16)43-27(15-4-2-1-3-5-15)29(38)36-17-8-11-19-20(14-17)42-13-12-41-19/h1-11,14,27H,12-13H2,(H,35,37)(H,36,38)(H,39,40). The van der Waals surface area contributed by atoms with Crippen LogP contribution in [0.5, 0.6) is 11.5 Å². The average Bonchev–Trinajstić information content (AvgIpc) is 3.01. The van der Waals surface area contributed by atoms with E-state index in [1.165, 1.54) is 11.8 Å². The van der Waals surface area contributed by atoms with Crippen LogP contribution >= 0.6 is 58.2 Å². The van der Waals surface area contributed by atoms with E-state index >= 15 is 0 Å². The number of amides is 2. The molecular formula is C30H20Cl4N2O6S. The highest BCUT2D eigenvalue weighted by atomic mass is 35.5. The molecule has 1 heterocycles. The SMILES string of the molecule is O=C(O)c1c(Cl)c(Cl)c(Cl)c(Cl)c1C(=O)Nc1ccc(SC(C(=O)Nc2ccc3c(c2)OCCO3)c2ccccc2)cc1. The number of thioether (sulfide) groups is 1. The van der Waals surface area contributed by atoms with Gasteiger partial charge in [-0.2, -0.15) is 0 Å². The van der Waals surface area contributed by atoms with Gasteiger partial charge in [-0.15, -0.1) is 11.8 Å². The van der Waals surface area contributed by atoms with Crippen molar-refractivity contribution in [2.45, 2.75) is 10.1 Å². The minimum Gasteiger partial charge on any atom is -0.486 e. The predicted octanol–water partition coefficient (Wildman–Crippen LogP) is 8.49. The molecule has 0 bridgehead atoms. The molecule has 13 heteroatoms. The molecule has 5 rings (SSSR count). The average molecular weight is 678 g/mol. The van der Waals surface area contributed by atoms with Gasteiger partial charge >= 0.3 is 5.97 Å². The lowest BCUT2D eigenvalue weighted by Crippen LogP contribution is -2.20. The second-order valence-electron chi connectivity index (χ2n) is 9.05. The fraction of sp³-hybridized carbons (Fsp3) is 0.100. The maximum Gasteiger partial charge on any atom is 0.338 e. The molecule has 0 radical (unpaired) electrons. The fourth-order valence-electron chi connectivity index (χ4n) is 4.22. The number of hydrogen-bond acceptors (Lipinski definition) is 6. The van der Waals surface area contributed by atoms with Gasteiger partial charge in [-0.25, -0.2) is 4.79 Å². The van der Waals surface area contributed by atoms with E-state index in [0.29, 0.717) is 36.1 Å². The van der Waals surface area contributed by atoms with Crippen molar-refractivity contribution >= 4 is 87.3 Å². The summed E-state index contributed by atoms with van der Waals surface area (Å²) in [6, 6.07) is 21.2. The number of carbonyl (C=O) groups excluding carboxylic acids is 2. The van der Waals surface area contributed by atoms with E-state index in [9.17, 15) is 19.5 Å². The van der Waals surface area contributed by atoms with Gasteiger partial charge in [0.15, 0.2) is 11.5 Å². The number of benzene rings is 4. The molecule has 4 aromatic rings. The third-order valence-electron chi connectivity index (χ3n) is 6.22. The molecule has 4 aromatic carbocycles. The number of rotatable bonds is 8. The zero-order valence-corrected chi connectivity index (χ0v) is 25.7. The van der Waals surface area contributed by atoms with Crippen LogP contribution in [0.15, 0.2) is 77.7 Å². The summed E-state index contributed by atoms with van der Waals surface area (Å²) in [5.41, 5.74) is 0.691. The quantitative estimate of drug-likeness (QED) is 0.0973. The zero-order chi connectivity index (χ0) is 30.7. The molecule has 1 aliphatic rings. The van der Waals surface area contributed by atoms with E-state index in [1.807, 2.05) is 30.3 Å². The second kappa shape index (κ2) is 13.4. The van der Waals surface area contributed by atoms with Gasteiger partial charge in [0.25, 0.3) is 5.91 Å². The van der Waals surface area contributed by atoms with Crippen LogP contribution in [0.25, 0.3) is 0 Å². The van der Waals surface area contributed by atoms with Gasteiger partial charge in [0.2, 0.25) is 5.91 Å². The first-order valence-corrected chi connectivity index (χ1v) is 15.0. The van der Waals surface area contributed by atoms with Crippen molar-refractivity contribution in [1.29, 1.82) is 0 Å². The van der Waals surface area contributed by atoms with Crippen LogP contribution in [-0.4, -0.2) is 36.1 Å². The molecule has 8 nitrogen and oxygen atoms in total. The lowest BCUT2D eigenvalue weighted by atomic mass is 10.1. The van der Waals surface area contributed by atoms with Crippen LogP contribution < -0.4 is 20.1 Å². The van der Waals surface area contributed by atoms with Gasteiger partial charge in [-0.05, 0) is 42.0 Å². The van der Waals surface area contributed by atoms with Crippen LogP contribution in [0.4, 0.5) is 11.4 Å². The number of carboxylic acids is 1. The highest BCUT2D eigenvalue weighted by Gasteiger charge is 2.29. The third kappa shape index (κ3) is 6.82. The fourth-order valence-corrected chi connectivity index (χ4v) is 6.27. The van der Waals surface area contributed by atoms with Gasteiger partial charge in [0.05, 0.1) is 31.2 Å². The van der Waals surface area contributed by atoms with E-state index < -0.39 is 33.3 Å². The van der Waals surface area contributed by atoms with E-state index in [-0.39, 0.29) is 21.0 Å².